The van der Waals surface area contributed by atoms with Crippen molar-refractivity contribution in [2.45, 2.75) is 6.54 Å². The van der Waals surface area contributed by atoms with Crippen LogP contribution in [0.4, 0.5) is 5.69 Å². The number of pyridine rings is 1. The molecule has 0 saturated carbocycles. The van der Waals surface area contributed by atoms with E-state index in [1.165, 1.54) is 16.7 Å². The van der Waals surface area contributed by atoms with E-state index in [9.17, 15) is 4.79 Å². The Labute approximate surface area is 170 Å². The molecule has 3 aromatic rings. The lowest BCUT2D eigenvalue weighted by Gasteiger charge is -2.36. The van der Waals surface area contributed by atoms with E-state index in [-0.39, 0.29) is 0 Å². The lowest BCUT2D eigenvalue weighted by Crippen LogP contribution is -2.46. The Hall–Kier alpha value is -2.69. The Morgan fingerprint density at radius 2 is 1.68 bits per heavy atom. The number of hydrogen-bond acceptors (Lipinski definition) is 4. The van der Waals surface area contributed by atoms with Crippen LogP contribution in [0.3, 0.4) is 0 Å². The van der Waals surface area contributed by atoms with Crippen molar-refractivity contribution in [3.63, 3.8) is 0 Å². The van der Waals surface area contributed by atoms with Crippen molar-refractivity contribution in [1.82, 2.24) is 9.88 Å². The molecule has 0 atom stereocenters. The molecule has 0 bridgehead atoms. The van der Waals surface area contributed by atoms with E-state index >= 15 is 0 Å². The fraction of sp³-hybridized carbons (Fsp3) is 0.217. The van der Waals surface area contributed by atoms with Crippen LogP contribution in [0, 0.1) is 0 Å². The first-order chi connectivity index (χ1) is 13.7. The molecule has 0 unspecified atom stereocenters. The first-order valence-corrected chi connectivity index (χ1v) is 9.76. The highest BCUT2D eigenvalue weighted by atomic mass is 35.5. The topological polar surface area (TPSA) is 36.4 Å². The van der Waals surface area contributed by atoms with E-state index in [1.807, 2.05) is 24.5 Å². The lowest BCUT2D eigenvalue weighted by molar-refractivity contribution is 0.250. The summed E-state index contributed by atoms with van der Waals surface area (Å²) in [4.78, 5) is 19.6. The van der Waals surface area contributed by atoms with Crippen LogP contribution in [0.5, 0.6) is 0 Å². The second-order valence-electron chi connectivity index (χ2n) is 6.93. The van der Waals surface area contributed by atoms with Gasteiger partial charge in [-0.1, -0.05) is 48.0 Å². The number of nitrogens with zero attached hydrogens (tertiary/aromatic N) is 3. The van der Waals surface area contributed by atoms with Gasteiger partial charge in [-0.15, -0.1) is 0 Å². The molecule has 0 N–H and O–H groups in total. The summed E-state index contributed by atoms with van der Waals surface area (Å²) in [6, 6.07) is 20.2. The predicted molar refractivity (Wildman–Crippen MR) is 113 cm³/mol. The van der Waals surface area contributed by atoms with Gasteiger partial charge in [0.05, 0.1) is 11.9 Å². The number of rotatable bonds is 5. The molecule has 141 valence electrons. The Bertz CT molecular complexity index is 933. The van der Waals surface area contributed by atoms with E-state index in [1.54, 1.807) is 12.3 Å². The molecule has 5 heteroatoms. The Morgan fingerprint density at radius 3 is 2.36 bits per heavy atom. The zero-order chi connectivity index (χ0) is 19.3. The highest BCUT2D eigenvalue weighted by Crippen LogP contribution is 2.26. The van der Waals surface area contributed by atoms with Gasteiger partial charge < -0.3 is 4.90 Å². The van der Waals surface area contributed by atoms with Gasteiger partial charge in [0.15, 0.2) is 0 Å². The number of anilines is 1. The summed E-state index contributed by atoms with van der Waals surface area (Å²) in [6.07, 6.45) is 3.57. The van der Waals surface area contributed by atoms with Crippen LogP contribution in [0.25, 0.3) is 11.1 Å². The summed E-state index contributed by atoms with van der Waals surface area (Å²) in [6.45, 7) is 4.76. The van der Waals surface area contributed by atoms with Gasteiger partial charge in [0.25, 0.3) is 6.29 Å². The fourth-order valence-electron chi connectivity index (χ4n) is 3.61. The summed E-state index contributed by atoms with van der Waals surface area (Å²) in [5.74, 6) is 0. The van der Waals surface area contributed by atoms with Gasteiger partial charge in [0.1, 0.15) is 5.69 Å². The van der Waals surface area contributed by atoms with Gasteiger partial charge in [-0.2, -0.15) is 0 Å². The molecule has 0 aliphatic carbocycles. The Morgan fingerprint density at radius 1 is 0.929 bits per heavy atom. The molecule has 1 saturated heterocycles. The van der Waals surface area contributed by atoms with Crippen molar-refractivity contribution in [3.8, 4) is 11.1 Å². The standard InChI is InChI=1S/C23H21ClN3O/c24-20-7-5-18(6-8-20)23-4-2-1-3-19(23)16-26-11-13-27(14-12-26)22-10-9-21(17-28)25-15-22/h1-10,15H,11-14,16H2. The molecule has 4 rings (SSSR count). The minimum atomic E-state index is 0.348. The van der Waals surface area contributed by atoms with Crippen molar-refractivity contribution < 1.29 is 4.79 Å². The van der Waals surface area contributed by atoms with Crippen LogP contribution >= 0.6 is 11.6 Å². The van der Waals surface area contributed by atoms with Gasteiger partial charge in [-0.3, -0.25) is 14.7 Å². The molecule has 1 aliphatic rings. The maximum absolute atomic E-state index is 10.6. The molecule has 0 amide bonds. The minimum absolute atomic E-state index is 0.348. The first kappa shape index (κ1) is 18.7. The summed E-state index contributed by atoms with van der Waals surface area (Å²) >= 11 is 6.04. The predicted octanol–water partition coefficient (Wildman–Crippen LogP) is 4.18. The third kappa shape index (κ3) is 4.24. The number of benzene rings is 2. The SMILES string of the molecule is O=[C]c1ccc(N2CCN(Cc3ccccc3-c3ccc(Cl)cc3)CC2)cn1. The molecule has 28 heavy (non-hydrogen) atoms. The van der Waals surface area contributed by atoms with E-state index in [2.05, 4.69) is 51.2 Å². The molecular weight excluding hydrogens is 370 g/mol. The summed E-state index contributed by atoms with van der Waals surface area (Å²) < 4.78 is 0. The Kier molecular flexibility index (Phi) is 5.70. The number of hydrogen-bond donors (Lipinski definition) is 0. The number of aromatic nitrogens is 1. The molecule has 1 radical (unpaired) electrons. The van der Waals surface area contributed by atoms with E-state index in [0.29, 0.717) is 5.69 Å². The largest absolute Gasteiger partial charge is 0.368 e. The monoisotopic (exact) mass is 390 g/mol. The van der Waals surface area contributed by atoms with Crippen LogP contribution in [0.15, 0.2) is 66.9 Å². The quantitative estimate of drug-likeness (QED) is 0.654. The maximum Gasteiger partial charge on any atom is 0.253 e. The number of carbonyl (C=O) groups excluding carboxylic acids is 1. The number of piperazine rings is 1. The van der Waals surface area contributed by atoms with E-state index in [4.69, 9.17) is 11.6 Å². The highest BCUT2D eigenvalue weighted by molar-refractivity contribution is 6.30. The second-order valence-corrected chi connectivity index (χ2v) is 7.37. The van der Waals surface area contributed by atoms with Crippen molar-refractivity contribution in [1.29, 1.82) is 0 Å². The molecule has 1 aliphatic heterocycles. The molecule has 1 fully saturated rings. The lowest BCUT2D eigenvalue weighted by atomic mass is 9.99. The van der Waals surface area contributed by atoms with Crippen LogP contribution in [0.2, 0.25) is 5.02 Å². The van der Waals surface area contributed by atoms with E-state index < -0.39 is 0 Å². The van der Waals surface area contributed by atoms with Crippen LogP contribution in [-0.2, 0) is 11.3 Å². The van der Waals surface area contributed by atoms with E-state index in [0.717, 1.165) is 43.4 Å². The van der Waals surface area contributed by atoms with Gasteiger partial charge in [0.2, 0.25) is 0 Å². The van der Waals surface area contributed by atoms with Crippen molar-refractivity contribution in [2.75, 3.05) is 31.1 Å². The van der Waals surface area contributed by atoms with Gasteiger partial charge in [-0.25, -0.2) is 0 Å². The summed E-state index contributed by atoms with van der Waals surface area (Å²) in [5, 5.41) is 0.755. The zero-order valence-corrected chi connectivity index (χ0v) is 16.3. The molecule has 4 nitrogen and oxygen atoms in total. The number of halogens is 1. The van der Waals surface area contributed by atoms with Crippen molar-refractivity contribution in [3.05, 3.63) is 83.1 Å². The molecule has 1 aromatic heterocycles. The maximum atomic E-state index is 10.6. The summed E-state index contributed by atoms with van der Waals surface area (Å²) in [5.41, 5.74) is 5.18. The van der Waals surface area contributed by atoms with Crippen LogP contribution < -0.4 is 4.90 Å². The average Bonchev–Trinajstić information content (AvgIpc) is 2.75. The van der Waals surface area contributed by atoms with Crippen LogP contribution in [0.1, 0.15) is 11.3 Å². The third-order valence-electron chi connectivity index (χ3n) is 5.16. The normalized spacial score (nSPS) is 14.8. The second kappa shape index (κ2) is 8.55. The van der Waals surface area contributed by atoms with Gasteiger partial charge in [0, 0.05) is 37.7 Å². The van der Waals surface area contributed by atoms with Gasteiger partial charge >= 0.3 is 0 Å². The highest BCUT2D eigenvalue weighted by Gasteiger charge is 2.18. The van der Waals surface area contributed by atoms with Crippen LogP contribution in [-0.4, -0.2) is 42.3 Å². The Balaban J connectivity index is 1.42. The molecular formula is C23H21ClN3O. The van der Waals surface area contributed by atoms with Gasteiger partial charge in [-0.05, 0) is 41.0 Å². The smallest absolute Gasteiger partial charge is 0.253 e. The molecule has 0 spiro atoms. The first-order valence-electron chi connectivity index (χ1n) is 9.38. The van der Waals surface area contributed by atoms with Crippen molar-refractivity contribution >= 4 is 23.6 Å². The minimum Gasteiger partial charge on any atom is -0.368 e. The van der Waals surface area contributed by atoms with Crippen molar-refractivity contribution in [2.24, 2.45) is 0 Å². The average molecular weight is 391 g/mol. The summed E-state index contributed by atoms with van der Waals surface area (Å²) in [7, 11) is 0. The third-order valence-corrected chi connectivity index (χ3v) is 5.41. The fourth-order valence-corrected chi connectivity index (χ4v) is 3.73. The molecule has 2 heterocycles. The zero-order valence-electron chi connectivity index (χ0n) is 15.5. The molecule has 2 aromatic carbocycles.